The SMILES string of the molecule is Cn1cnc2c1CCCC2C(=O)Nc1nc(C2CC2)c(Br)s1. The third kappa shape index (κ3) is 2.50. The number of amides is 1. The maximum absolute atomic E-state index is 12.6. The highest BCUT2D eigenvalue weighted by Crippen LogP contribution is 2.45. The van der Waals surface area contributed by atoms with Gasteiger partial charge in [-0.3, -0.25) is 4.79 Å². The second kappa shape index (κ2) is 5.45. The van der Waals surface area contributed by atoms with E-state index in [2.05, 4.69) is 31.2 Å². The molecule has 0 spiro atoms. The Bertz CT molecular complexity index is 734. The normalized spacial score (nSPS) is 20.7. The van der Waals surface area contributed by atoms with Gasteiger partial charge < -0.3 is 9.88 Å². The first-order valence-corrected chi connectivity index (χ1v) is 9.21. The summed E-state index contributed by atoms with van der Waals surface area (Å²) < 4.78 is 3.08. The molecule has 22 heavy (non-hydrogen) atoms. The smallest absolute Gasteiger partial charge is 0.235 e. The number of hydrogen-bond donors (Lipinski definition) is 1. The molecule has 0 aliphatic heterocycles. The molecule has 0 bridgehead atoms. The molecule has 7 heteroatoms. The van der Waals surface area contributed by atoms with Crippen LogP contribution < -0.4 is 5.32 Å². The zero-order chi connectivity index (χ0) is 15.3. The lowest BCUT2D eigenvalue weighted by molar-refractivity contribution is -0.118. The van der Waals surface area contributed by atoms with E-state index in [0.29, 0.717) is 11.0 Å². The Morgan fingerprint density at radius 2 is 2.23 bits per heavy atom. The van der Waals surface area contributed by atoms with Crippen molar-refractivity contribution in [2.45, 2.75) is 43.9 Å². The first kappa shape index (κ1) is 14.4. The van der Waals surface area contributed by atoms with E-state index in [1.165, 1.54) is 29.9 Å². The Balaban J connectivity index is 1.54. The van der Waals surface area contributed by atoms with Gasteiger partial charge in [0, 0.05) is 18.7 Å². The molecule has 1 saturated carbocycles. The van der Waals surface area contributed by atoms with Gasteiger partial charge in [0.2, 0.25) is 5.91 Å². The molecule has 2 heterocycles. The molecule has 4 rings (SSSR count). The summed E-state index contributed by atoms with van der Waals surface area (Å²) in [5, 5.41) is 3.69. The van der Waals surface area contributed by atoms with Crippen LogP contribution in [-0.4, -0.2) is 20.4 Å². The van der Waals surface area contributed by atoms with Crippen molar-refractivity contribution in [2.24, 2.45) is 7.05 Å². The molecule has 0 radical (unpaired) electrons. The van der Waals surface area contributed by atoms with Crippen LogP contribution >= 0.6 is 27.3 Å². The summed E-state index contributed by atoms with van der Waals surface area (Å²) in [5.74, 6) is 0.439. The first-order valence-electron chi connectivity index (χ1n) is 7.60. The number of aryl methyl sites for hydroxylation is 1. The summed E-state index contributed by atoms with van der Waals surface area (Å²) in [4.78, 5) is 21.7. The largest absolute Gasteiger partial charge is 0.337 e. The predicted octanol–water partition coefficient (Wildman–Crippen LogP) is 3.58. The van der Waals surface area contributed by atoms with Gasteiger partial charge in [0.25, 0.3) is 0 Å². The highest BCUT2D eigenvalue weighted by Gasteiger charge is 2.32. The fourth-order valence-electron chi connectivity index (χ4n) is 3.10. The van der Waals surface area contributed by atoms with Crippen molar-refractivity contribution < 1.29 is 4.79 Å². The molecule has 5 nitrogen and oxygen atoms in total. The molecule has 1 N–H and O–H groups in total. The molecule has 2 aliphatic carbocycles. The topological polar surface area (TPSA) is 59.8 Å². The molecule has 0 aromatic carbocycles. The van der Waals surface area contributed by atoms with Gasteiger partial charge in [0.1, 0.15) is 0 Å². The second-order valence-electron chi connectivity index (χ2n) is 6.07. The van der Waals surface area contributed by atoms with E-state index in [1.54, 1.807) is 6.33 Å². The second-order valence-corrected chi connectivity index (χ2v) is 8.39. The molecule has 2 aromatic heterocycles. The number of anilines is 1. The maximum Gasteiger partial charge on any atom is 0.235 e. The van der Waals surface area contributed by atoms with Crippen molar-refractivity contribution in [1.29, 1.82) is 0 Å². The number of fused-ring (bicyclic) bond motifs is 1. The monoisotopic (exact) mass is 380 g/mol. The zero-order valence-corrected chi connectivity index (χ0v) is 14.7. The van der Waals surface area contributed by atoms with Crippen LogP contribution in [0.3, 0.4) is 0 Å². The van der Waals surface area contributed by atoms with Crippen LogP contribution in [0, 0.1) is 0 Å². The van der Waals surface area contributed by atoms with Crippen molar-refractivity contribution in [3.05, 3.63) is 27.2 Å². The number of nitrogens with zero attached hydrogens (tertiary/aromatic N) is 3. The number of hydrogen-bond acceptors (Lipinski definition) is 4. The lowest BCUT2D eigenvalue weighted by Crippen LogP contribution is -2.25. The van der Waals surface area contributed by atoms with Gasteiger partial charge in [-0.25, -0.2) is 9.97 Å². The molecule has 2 aliphatic rings. The van der Waals surface area contributed by atoms with Gasteiger partial charge in [-0.1, -0.05) is 11.3 Å². The van der Waals surface area contributed by atoms with E-state index in [1.807, 2.05) is 11.6 Å². The number of nitrogens with one attached hydrogen (secondary N) is 1. The van der Waals surface area contributed by atoms with E-state index in [-0.39, 0.29) is 11.8 Å². The molecule has 1 unspecified atom stereocenters. The van der Waals surface area contributed by atoms with Gasteiger partial charge in [0.15, 0.2) is 5.13 Å². The number of carbonyl (C=O) groups excluding carboxylic acids is 1. The highest BCUT2D eigenvalue weighted by molar-refractivity contribution is 9.11. The van der Waals surface area contributed by atoms with Crippen LogP contribution in [0.5, 0.6) is 0 Å². The number of carbonyl (C=O) groups is 1. The Hall–Kier alpha value is -1.21. The van der Waals surface area contributed by atoms with Gasteiger partial charge >= 0.3 is 0 Å². The number of aromatic nitrogens is 3. The average Bonchev–Trinajstić information content (AvgIpc) is 3.19. The molecule has 116 valence electrons. The molecular formula is C15H17BrN4OS. The standard InChI is InChI=1S/C15H17BrN4OS/c1-20-7-17-12-9(3-2-4-10(12)20)14(21)19-15-18-11(8-5-6-8)13(16)22-15/h7-9H,2-6H2,1H3,(H,18,19,21). The molecular weight excluding hydrogens is 364 g/mol. The van der Waals surface area contributed by atoms with Crippen molar-refractivity contribution in [3.8, 4) is 0 Å². The maximum atomic E-state index is 12.6. The van der Waals surface area contributed by atoms with Gasteiger partial charge in [-0.15, -0.1) is 0 Å². The van der Waals surface area contributed by atoms with E-state index >= 15 is 0 Å². The quantitative estimate of drug-likeness (QED) is 0.884. The van der Waals surface area contributed by atoms with Crippen LogP contribution in [0.4, 0.5) is 5.13 Å². The summed E-state index contributed by atoms with van der Waals surface area (Å²) in [7, 11) is 1.99. The third-order valence-corrected chi connectivity index (χ3v) is 6.12. The zero-order valence-electron chi connectivity index (χ0n) is 12.3. The first-order chi connectivity index (χ1) is 10.6. The van der Waals surface area contributed by atoms with Gasteiger partial charge in [0.05, 0.1) is 27.4 Å². The van der Waals surface area contributed by atoms with Crippen LogP contribution in [0.25, 0.3) is 0 Å². The Morgan fingerprint density at radius 3 is 3.00 bits per heavy atom. The lowest BCUT2D eigenvalue weighted by Gasteiger charge is -2.20. The van der Waals surface area contributed by atoms with Crippen molar-refractivity contribution in [2.75, 3.05) is 5.32 Å². The predicted molar refractivity (Wildman–Crippen MR) is 89.3 cm³/mol. The Labute approximate surface area is 141 Å². The average molecular weight is 381 g/mol. The van der Waals surface area contributed by atoms with Crippen molar-refractivity contribution in [3.63, 3.8) is 0 Å². The third-order valence-electron chi connectivity index (χ3n) is 4.45. The van der Waals surface area contributed by atoms with Gasteiger partial charge in [-0.2, -0.15) is 0 Å². The fourth-order valence-corrected chi connectivity index (χ4v) is 4.76. The van der Waals surface area contributed by atoms with Gasteiger partial charge in [-0.05, 0) is 48.0 Å². The van der Waals surface area contributed by atoms with Crippen LogP contribution in [0.2, 0.25) is 0 Å². The summed E-state index contributed by atoms with van der Waals surface area (Å²) in [6.07, 6.45) is 7.11. The minimum Gasteiger partial charge on any atom is -0.337 e. The van der Waals surface area contributed by atoms with Crippen LogP contribution in [-0.2, 0) is 18.3 Å². The fraction of sp³-hybridized carbons (Fsp3) is 0.533. The minimum absolute atomic E-state index is 0.0169. The van der Waals surface area contributed by atoms with E-state index in [9.17, 15) is 4.79 Å². The van der Waals surface area contributed by atoms with Crippen molar-refractivity contribution in [1.82, 2.24) is 14.5 Å². The summed E-state index contributed by atoms with van der Waals surface area (Å²) >= 11 is 5.07. The van der Waals surface area contributed by atoms with Crippen LogP contribution in [0.1, 0.15) is 54.6 Å². The number of rotatable bonds is 3. The van der Waals surface area contributed by atoms with E-state index in [4.69, 9.17) is 0 Å². The van der Waals surface area contributed by atoms with Crippen LogP contribution in [0.15, 0.2) is 10.1 Å². The number of imidazole rings is 1. The molecule has 2 aromatic rings. The highest BCUT2D eigenvalue weighted by atomic mass is 79.9. The Kier molecular flexibility index (Phi) is 3.57. The molecule has 1 fully saturated rings. The number of halogens is 1. The number of thiazole rings is 1. The Morgan fingerprint density at radius 1 is 1.41 bits per heavy atom. The molecule has 1 atom stereocenters. The molecule has 1 amide bonds. The summed E-state index contributed by atoms with van der Waals surface area (Å²) in [6, 6.07) is 0. The molecule has 0 saturated heterocycles. The summed E-state index contributed by atoms with van der Waals surface area (Å²) in [5.41, 5.74) is 3.22. The lowest BCUT2D eigenvalue weighted by atomic mass is 9.89. The summed E-state index contributed by atoms with van der Waals surface area (Å²) in [6.45, 7) is 0. The van der Waals surface area contributed by atoms with E-state index < -0.39 is 0 Å². The minimum atomic E-state index is -0.156. The van der Waals surface area contributed by atoms with Crippen molar-refractivity contribution >= 4 is 38.3 Å². The van der Waals surface area contributed by atoms with E-state index in [0.717, 1.165) is 34.4 Å².